The van der Waals surface area contributed by atoms with Gasteiger partial charge in [0.25, 0.3) is 0 Å². The number of carboxylic acid groups (broad SMARTS) is 1. The summed E-state index contributed by atoms with van der Waals surface area (Å²) in [5, 5.41) is 16.7. The molecule has 0 rings (SSSR count). The fourth-order valence-corrected chi connectivity index (χ4v) is 1.94. The van der Waals surface area contributed by atoms with E-state index in [1.807, 2.05) is 27.7 Å². The van der Waals surface area contributed by atoms with Gasteiger partial charge < -0.3 is 21.1 Å². The molecule has 122 valence electrons. The molecule has 0 saturated carbocycles. The second kappa shape index (κ2) is 9.20. The Morgan fingerprint density at radius 3 is 2.24 bits per heavy atom. The Morgan fingerprint density at radius 2 is 1.76 bits per heavy atom. The van der Waals surface area contributed by atoms with Gasteiger partial charge in [-0.2, -0.15) is 0 Å². The second-order valence-electron chi connectivity index (χ2n) is 6.16. The number of rotatable bonds is 8. The van der Waals surface area contributed by atoms with E-state index < -0.39 is 18.0 Å². The van der Waals surface area contributed by atoms with Gasteiger partial charge in [0.15, 0.2) is 0 Å². The van der Waals surface area contributed by atoms with Crippen molar-refractivity contribution in [1.29, 1.82) is 0 Å². The van der Waals surface area contributed by atoms with Crippen molar-refractivity contribution in [2.24, 2.45) is 5.41 Å². The normalized spacial score (nSPS) is 12.4. The largest absolute Gasteiger partial charge is 0.481 e. The van der Waals surface area contributed by atoms with Gasteiger partial charge in [-0.1, -0.05) is 20.8 Å². The first-order valence-electron chi connectivity index (χ1n) is 7.17. The number of nitrogens with one attached hydrogen (secondary N) is 3. The van der Waals surface area contributed by atoms with Crippen LogP contribution in [0, 0.1) is 5.41 Å². The highest BCUT2D eigenvalue weighted by atomic mass is 16.4. The van der Waals surface area contributed by atoms with E-state index in [0.717, 1.165) is 0 Å². The smallest absolute Gasteiger partial charge is 0.315 e. The molecule has 3 amide bonds. The van der Waals surface area contributed by atoms with Crippen molar-refractivity contribution in [3.8, 4) is 0 Å². The van der Waals surface area contributed by atoms with E-state index in [2.05, 4.69) is 16.0 Å². The number of carbonyl (C=O) groups is 3. The lowest BCUT2D eigenvalue weighted by Gasteiger charge is -2.25. The average Bonchev–Trinajstić information content (AvgIpc) is 2.25. The fourth-order valence-electron chi connectivity index (χ4n) is 1.94. The fraction of sp³-hybridized carbons (Fsp3) is 0.786. The van der Waals surface area contributed by atoms with Gasteiger partial charge in [-0.25, -0.2) is 4.79 Å². The highest BCUT2D eigenvalue weighted by Crippen LogP contribution is 2.22. The molecule has 0 aliphatic carbocycles. The van der Waals surface area contributed by atoms with Gasteiger partial charge in [-0.05, 0) is 18.8 Å². The Hall–Kier alpha value is -1.79. The molecule has 0 aromatic carbocycles. The first kappa shape index (κ1) is 19.2. The molecule has 0 aliphatic heterocycles. The second-order valence-corrected chi connectivity index (χ2v) is 6.16. The van der Waals surface area contributed by atoms with Crippen LogP contribution in [0.25, 0.3) is 0 Å². The summed E-state index contributed by atoms with van der Waals surface area (Å²) < 4.78 is 0. The molecule has 0 spiro atoms. The van der Waals surface area contributed by atoms with Gasteiger partial charge >= 0.3 is 12.0 Å². The van der Waals surface area contributed by atoms with Crippen LogP contribution in [0.1, 0.15) is 47.0 Å². The molecule has 4 N–H and O–H groups in total. The van der Waals surface area contributed by atoms with Crippen LogP contribution < -0.4 is 16.0 Å². The van der Waals surface area contributed by atoms with E-state index >= 15 is 0 Å². The van der Waals surface area contributed by atoms with Crippen LogP contribution in [0.5, 0.6) is 0 Å². The minimum absolute atomic E-state index is 0.0889. The lowest BCUT2D eigenvalue weighted by Crippen LogP contribution is -2.45. The molecule has 0 radical (unpaired) electrons. The zero-order valence-corrected chi connectivity index (χ0v) is 13.3. The average molecular weight is 301 g/mol. The zero-order chi connectivity index (χ0) is 16.5. The zero-order valence-electron chi connectivity index (χ0n) is 13.3. The number of carboxylic acids is 1. The summed E-state index contributed by atoms with van der Waals surface area (Å²) in [5.41, 5.74) is -0.0889. The molecule has 0 aromatic heterocycles. The van der Waals surface area contributed by atoms with E-state index in [1.165, 1.54) is 0 Å². The third kappa shape index (κ3) is 11.7. The molecule has 21 heavy (non-hydrogen) atoms. The van der Waals surface area contributed by atoms with Crippen molar-refractivity contribution >= 4 is 17.9 Å². The third-order valence-electron chi connectivity index (χ3n) is 2.63. The number of hydrogen-bond donors (Lipinski definition) is 4. The van der Waals surface area contributed by atoms with Gasteiger partial charge in [0.2, 0.25) is 5.91 Å². The maximum atomic E-state index is 11.7. The Kier molecular flexibility index (Phi) is 8.42. The standard InChI is InChI=1S/C14H27N3O4/c1-5-15-11(18)6-7-16-13(21)17-10(8-12(19)20)9-14(2,3)4/h10H,5-9H2,1-4H3,(H,15,18)(H,19,20)(H2,16,17,21). The maximum Gasteiger partial charge on any atom is 0.315 e. The van der Waals surface area contributed by atoms with E-state index in [4.69, 9.17) is 5.11 Å². The summed E-state index contributed by atoms with van der Waals surface area (Å²) >= 11 is 0. The lowest BCUT2D eigenvalue weighted by molar-refractivity contribution is -0.137. The lowest BCUT2D eigenvalue weighted by atomic mass is 9.87. The monoisotopic (exact) mass is 301 g/mol. The number of hydrogen-bond acceptors (Lipinski definition) is 3. The van der Waals surface area contributed by atoms with Gasteiger partial charge in [-0.3, -0.25) is 9.59 Å². The number of carbonyl (C=O) groups excluding carboxylic acids is 2. The molecule has 7 heteroatoms. The summed E-state index contributed by atoms with van der Waals surface area (Å²) in [6, 6.07) is -0.887. The van der Waals surface area contributed by atoms with Gasteiger partial charge in [0.05, 0.1) is 6.42 Å². The van der Waals surface area contributed by atoms with Crippen LogP contribution in [-0.4, -0.2) is 42.1 Å². The van der Waals surface area contributed by atoms with Crippen LogP contribution in [0.4, 0.5) is 4.79 Å². The molecular formula is C14H27N3O4. The summed E-state index contributed by atoms with van der Waals surface area (Å²) in [7, 11) is 0. The van der Waals surface area contributed by atoms with E-state index in [1.54, 1.807) is 0 Å². The van der Waals surface area contributed by atoms with E-state index in [-0.39, 0.29) is 30.7 Å². The number of urea groups is 1. The van der Waals surface area contributed by atoms with E-state index in [9.17, 15) is 14.4 Å². The van der Waals surface area contributed by atoms with Crippen molar-refractivity contribution < 1.29 is 19.5 Å². The van der Waals surface area contributed by atoms with Gasteiger partial charge in [0, 0.05) is 25.6 Å². The predicted molar refractivity (Wildman–Crippen MR) is 79.9 cm³/mol. The number of aliphatic carboxylic acids is 1. The first-order chi connectivity index (χ1) is 9.64. The first-order valence-corrected chi connectivity index (χ1v) is 7.17. The molecule has 1 unspecified atom stereocenters. The summed E-state index contributed by atoms with van der Waals surface area (Å²) in [6.07, 6.45) is 0.633. The topological polar surface area (TPSA) is 108 Å². The van der Waals surface area contributed by atoms with Crippen molar-refractivity contribution in [2.75, 3.05) is 13.1 Å². The predicted octanol–water partition coefficient (Wildman–Crippen LogP) is 1.09. The maximum absolute atomic E-state index is 11.7. The van der Waals surface area contributed by atoms with E-state index in [0.29, 0.717) is 13.0 Å². The molecule has 1 atom stereocenters. The molecular weight excluding hydrogens is 274 g/mol. The molecule has 0 aliphatic rings. The van der Waals surface area contributed by atoms with Crippen molar-refractivity contribution in [1.82, 2.24) is 16.0 Å². The van der Waals surface area contributed by atoms with Gasteiger partial charge in [-0.15, -0.1) is 0 Å². The number of amides is 3. The van der Waals surface area contributed by atoms with Crippen LogP contribution >= 0.6 is 0 Å². The third-order valence-corrected chi connectivity index (χ3v) is 2.63. The molecule has 0 heterocycles. The molecule has 7 nitrogen and oxygen atoms in total. The van der Waals surface area contributed by atoms with Crippen LogP contribution in [0.3, 0.4) is 0 Å². The minimum Gasteiger partial charge on any atom is -0.481 e. The molecule has 0 saturated heterocycles. The molecule has 0 fully saturated rings. The van der Waals surface area contributed by atoms with Crippen molar-refractivity contribution in [3.63, 3.8) is 0 Å². The molecule has 0 aromatic rings. The quantitative estimate of drug-likeness (QED) is 0.538. The van der Waals surface area contributed by atoms with Crippen molar-refractivity contribution in [2.45, 2.75) is 53.0 Å². The summed E-state index contributed by atoms with van der Waals surface area (Å²) in [6.45, 7) is 8.54. The highest BCUT2D eigenvalue weighted by Gasteiger charge is 2.22. The minimum atomic E-state index is -0.952. The van der Waals surface area contributed by atoms with Crippen LogP contribution in [-0.2, 0) is 9.59 Å². The summed E-state index contributed by atoms with van der Waals surface area (Å²) in [5.74, 6) is -1.08. The Balaban J connectivity index is 4.21. The Labute approximate surface area is 125 Å². The SMILES string of the molecule is CCNC(=O)CCNC(=O)NC(CC(=O)O)CC(C)(C)C. The highest BCUT2D eigenvalue weighted by molar-refractivity contribution is 5.78. The Bertz CT molecular complexity index is 364. The molecule has 0 bridgehead atoms. The van der Waals surface area contributed by atoms with Crippen LogP contribution in [0.15, 0.2) is 0 Å². The Morgan fingerprint density at radius 1 is 1.14 bits per heavy atom. The summed E-state index contributed by atoms with van der Waals surface area (Å²) in [4.78, 5) is 33.8. The van der Waals surface area contributed by atoms with Gasteiger partial charge in [0.1, 0.15) is 0 Å². The van der Waals surface area contributed by atoms with Crippen LogP contribution in [0.2, 0.25) is 0 Å². The van der Waals surface area contributed by atoms with Crippen molar-refractivity contribution in [3.05, 3.63) is 0 Å².